The minimum Gasteiger partial charge on any atom is -0.481 e. The van der Waals surface area contributed by atoms with Gasteiger partial charge in [0, 0.05) is 30.3 Å². The molecule has 0 spiro atoms. The van der Waals surface area contributed by atoms with E-state index in [1.807, 2.05) is 29.6 Å². The Bertz CT molecular complexity index is 819. The van der Waals surface area contributed by atoms with Gasteiger partial charge in [0.2, 0.25) is 12.7 Å². The van der Waals surface area contributed by atoms with Crippen LogP contribution >= 0.6 is 11.3 Å². The van der Waals surface area contributed by atoms with Crippen molar-refractivity contribution in [3.63, 3.8) is 0 Å². The molecule has 2 aromatic rings. The normalized spacial score (nSPS) is 21.2. The lowest BCUT2D eigenvalue weighted by Gasteiger charge is -2.16. The largest absolute Gasteiger partial charge is 0.481 e. The number of fused-ring (bicyclic) bond motifs is 1. The summed E-state index contributed by atoms with van der Waals surface area (Å²) in [6.45, 7) is 0.844. The number of hydrogen-bond acceptors (Lipinski definition) is 5. The van der Waals surface area contributed by atoms with Crippen LogP contribution < -0.4 is 9.47 Å². The molecule has 1 amide bonds. The molecule has 4 rings (SSSR count). The number of benzene rings is 1. The first-order chi connectivity index (χ1) is 12.6. The van der Waals surface area contributed by atoms with Crippen LogP contribution in [-0.4, -0.2) is 41.8 Å². The molecule has 26 heavy (non-hydrogen) atoms. The Balaban J connectivity index is 1.48. The lowest BCUT2D eigenvalue weighted by atomic mass is 9.89. The van der Waals surface area contributed by atoms with Crippen LogP contribution in [0.3, 0.4) is 0 Å². The fraction of sp³-hybridized carbons (Fsp3) is 0.368. The molecule has 1 fully saturated rings. The number of nitrogens with zero attached hydrogens (tertiary/aromatic N) is 1. The van der Waals surface area contributed by atoms with Crippen molar-refractivity contribution >= 4 is 23.2 Å². The summed E-state index contributed by atoms with van der Waals surface area (Å²) in [7, 11) is 0. The topological polar surface area (TPSA) is 76.1 Å². The molecule has 2 atom stereocenters. The molecule has 1 aromatic carbocycles. The van der Waals surface area contributed by atoms with Crippen LogP contribution in [0.5, 0.6) is 11.5 Å². The number of amides is 1. The number of carbonyl (C=O) groups excluding carboxylic acids is 1. The van der Waals surface area contributed by atoms with E-state index in [0.29, 0.717) is 30.9 Å². The fourth-order valence-electron chi connectivity index (χ4n) is 3.58. The van der Waals surface area contributed by atoms with Crippen molar-refractivity contribution < 1.29 is 24.2 Å². The van der Waals surface area contributed by atoms with Crippen LogP contribution in [0.2, 0.25) is 0 Å². The van der Waals surface area contributed by atoms with Gasteiger partial charge < -0.3 is 19.5 Å². The summed E-state index contributed by atoms with van der Waals surface area (Å²) in [6, 6.07) is 9.49. The molecule has 0 bridgehead atoms. The molecule has 0 unspecified atom stereocenters. The maximum Gasteiger partial charge on any atom is 0.308 e. The number of hydrogen-bond donors (Lipinski definition) is 1. The summed E-state index contributed by atoms with van der Waals surface area (Å²) < 4.78 is 10.7. The summed E-state index contributed by atoms with van der Waals surface area (Å²) in [4.78, 5) is 27.2. The quantitative estimate of drug-likeness (QED) is 0.872. The van der Waals surface area contributed by atoms with Gasteiger partial charge in [0.05, 0.1) is 5.92 Å². The lowest BCUT2D eigenvalue weighted by molar-refractivity contribution is -0.141. The van der Waals surface area contributed by atoms with E-state index in [2.05, 4.69) is 0 Å². The Morgan fingerprint density at radius 3 is 2.81 bits per heavy atom. The van der Waals surface area contributed by atoms with Gasteiger partial charge in [0.1, 0.15) is 0 Å². The third-order valence-corrected chi connectivity index (χ3v) is 5.92. The highest BCUT2D eigenvalue weighted by Crippen LogP contribution is 2.39. The number of ether oxygens (including phenoxy) is 2. The lowest BCUT2D eigenvalue weighted by Crippen LogP contribution is -2.30. The number of carbonyl (C=O) groups is 2. The minimum absolute atomic E-state index is 0.00731. The van der Waals surface area contributed by atoms with Crippen LogP contribution in [0.25, 0.3) is 0 Å². The van der Waals surface area contributed by atoms with Crippen LogP contribution in [0.4, 0.5) is 0 Å². The van der Waals surface area contributed by atoms with Gasteiger partial charge >= 0.3 is 5.97 Å². The smallest absolute Gasteiger partial charge is 0.308 e. The summed E-state index contributed by atoms with van der Waals surface area (Å²) in [6.07, 6.45) is 1.10. The van der Waals surface area contributed by atoms with E-state index in [9.17, 15) is 14.7 Å². The Hall–Kier alpha value is -2.54. The number of aryl methyl sites for hydroxylation is 1. The minimum atomic E-state index is -0.874. The van der Waals surface area contributed by atoms with Gasteiger partial charge in [-0.15, -0.1) is 11.3 Å². The number of carboxylic acids is 1. The van der Waals surface area contributed by atoms with Crippen LogP contribution in [0, 0.1) is 5.92 Å². The predicted octanol–water partition coefficient (Wildman–Crippen LogP) is 2.74. The van der Waals surface area contributed by atoms with Crippen molar-refractivity contribution in [3.8, 4) is 11.5 Å². The molecule has 136 valence electrons. The second-order valence-electron chi connectivity index (χ2n) is 6.54. The predicted molar refractivity (Wildman–Crippen MR) is 95.7 cm³/mol. The van der Waals surface area contributed by atoms with E-state index >= 15 is 0 Å². The highest BCUT2D eigenvalue weighted by Gasteiger charge is 2.40. The highest BCUT2D eigenvalue weighted by molar-refractivity contribution is 7.09. The number of carboxylic acid groups (broad SMARTS) is 1. The van der Waals surface area contributed by atoms with E-state index < -0.39 is 11.9 Å². The maximum atomic E-state index is 12.6. The fourth-order valence-corrected chi connectivity index (χ4v) is 4.29. The SMILES string of the molecule is O=C(O)[C@@H]1CN(C(=O)CCc2cccs2)C[C@H]1c1ccc2c(c1)OCO2. The molecule has 1 N–H and O–H groups in total. The molecule has 1 aromatic heterocycles. The molecule has 6 nitrogen and oxygen atoms in total. The van der Waals surface area contributed by atoms with Crippen molar-refractivity contribution in [3.05, 3.63) is 46.2 Å². The van der Waals surface area contributed by atoms with Crippen molar-refractivity contribution in [1.29, 1.82) is 0 Å². The van der Waals surface area contributed by atoms with E-state index in [4.69, 9.17) is 9.47 Å². The zero-order chi connectivity index (χ0) is 18.1. The zero-order valence-electron chi connectivity index (χ0n) is 14.1. The van der Waals surface area contributed by atoms with Crippen molar-refractivity contribution in [1.82, 2.24) is 4.90 Å². The number of rotatable bonds is 5. The molecule has 2 aliphatic rings. The van der Waals surface area contributed by atoms with Gasteiger partial charge in [-0.1, -0.05) is 12.1 Å². The highest BCUT2D eigenvalue weighted by atomic mass is 32.1. The van der Waals surface area contributed by atoms with E-state index in [1.54, 1.807) is 22.3 Å². The second-order valence-corrected chi connectivity index (χ2v) is 7.57. The Morgan fingerprint density at radius 2 is 2.04 bits per heavy atom. The van der Waals surface area contributed by atoms with Gasteiger partial charge in [0.15, 0.2) is 11.5 Å². The standard InChI is InChI=1S/C19H19NO5S/c21-18(6-4-13-2-1-7-26-13)20-9-14(15(10-20)19(22)23)12-3-5-16-17(8-12)25-11-24-16/h1-3,5,7-8,14-15H,4,6,9-11H2,(H,22,23)/t14-,15+/m0/s1. The van der Waals surface area contributed by atoms with Gasteiger partial charge in [-0.25, -0.2) is 0 Å². The average molecular weight is 373 g/mol. The second kappa shape index (κ2) is 6.99. The third kappa shape index (κ3) is 3.26. The molecule has 2 aliphatic heterocycles. The Kier molecular flexibility index (Phi) is 4.55. The van der Waals surface area contributed by atoms with Gasteiger partial charge in [-0.05, 0) is 35.6 Å². The monoisotopic (exact) mass is 373 g/mol. The molecule has 1 saturated heterocycles. The summed E-state index contributed by atoms with van der Waals surface area (Å²) in [5, 5.41) is 11.6. The Labute approximate surface area is 155 Å². The first-order valence-corrected chi connectivity index (χ1v) is 9.42. The van der Waals surface area contributed by atoms with Crippen LogP contribution in [0.1, 0.15) is 22.8 Å². The van der Waals surface area contributed by atoms with E-state index in [0.717, 1.165) is 5.56 Å². The van der Waals surface area contributed by atoms with E-state index in [1.165, 1.54) is 4.88 Å². The maximum absolute atomic E-state index is 12.6. The average Bonchev–Trinajstić information content (AvgIpc) is 3.38. The number of likely N-dealkylation sites (tertiary alicyclic amines) is 1. The molecule has 0 aliphatic carbocycles. The number of thiophene rings is 1. The molecule has 7 heteroatoms. The molecule has 0 radical (unpaired) electrons. The third-order valence-electron chi connectivity index (χ3n) is 4.98. The van der Waals surface area contributed by atoms with Gasteiger partial charge in [-0.2, -0.15) is 0 Å². The summed E-state index contributed by atoms with van der Waals surface area (Å²) >= 11 is 1.63. The van der Waals surface area contributed by atoms with Crippen LogP contribution in [0.15, 0.2) is 35.7 Å². The first kappa shape index (κ1) is 16.9. The van der Waals surface area contributed by atoms with Gasteiger partial charge in [0.25, 0.3) is 0 Å². The zero-order valence-corrected chi connectivity index (χ0v) is 14.9. The molecule has 0 saturated carbocycles. The summed E-state index contributed by atoms with van der Waals surface area (Å²) in [5.74, 6) is -0.417. The van der Waals surface area contributed by atoms with Crippen LogP contribution in [-0.2, 0) is 16.0 Å². The van der Waals surface area contributed by atoms with Crippen molar-refractivity contribution in [2.24, 2.45) is 5.92 Å². The van der Waals surface area contributed by atoms with Crippen molar-refractivity contribution in [2.45, 2.75) is 18.8 Å². The molecular weight excluding hydrogens is 354 g/mol. The molecule has 3 heterocycles. The Morgan fingerprint density at radius 1 is 1.19 bits per heavy atom. The number of aliphatic carboxylic acids is 1. The summed E-state index contributed by atoms with van der Waals surface area (Å²) in [5.41, 5.74) is 0.871. The van der Waals surface area contributed by atoms with Crippen molar-refractivity contribution in [2.75, 3.05) is 19.9 Å². The van der Waals surface area contributed by atoms with Gasteiger partial charge in [-0.3, -0.25) is 9.59 Å². The van der Waals surface area contributed by atoms with E-state index in [-0.39, 0.29) is 25.2 Å². The first-order valence-electron chi connectivity index (χ1n) is 8.54. The molecular formula is C19H19NO5S.